The Kier molecular flexibility index (Phi) is 5.67. The van der Waals surface area contributed by atoms with Gasteiger partial charge in [0.25, 0.3) is 5.22 Å². The minimum absolute atomic E-state index is 0.206. The Morgan fingerprint density at radius 2 is 2.04 bits per heavy atom. The third-order valence-electron chi connectivity index (χ3n) is 3.27. The Hall–Kier alpha value is -2.38. The zero-order valence-corrected chi connectivity index (χ0v) is 14.9. The van der Waals surface area contributed by atoms with Crippen LogP contribution in [0.15, 0.2) is 58.3 Å². The molecule has 6 nitrogen and oxygen atoms in total. The summed E-state index contributed by atoms with van der Waals surface area (Å²) in [5.41, 5.74) is 1.09. The average Bonchev–Trinajstić information content (AvgIpc) is 3.04. The number of hydrogen-bond acceptors (Lipinski definition) is 6. The molecule has 1 atom stereocenters. The first-order chi connectivity index (χ1) is 12.1. The van der Waals surface area contributed by atoms with Crippen LogP contribution in [0.1, 0.15) is 18.4 Å². The van der Waals surface area contributed by atoms with Gasteiger partial charge in [0.05, 0.1) is 16.7 Å². The Balaban J connectivity index is 1.56. The van der Waals surface area contributed by atoms with Crippen molar-refractivity contribution in [2.24, 2.45) is 0 Å². The van der Waals surface area contributed by atoms with Crippen molar-refractivity contribution in [2.75, 3.05) is 5.32 Å². The van der Waals surface area contributed by atoms with Crippen molar-refractivity contribution in [1.82, 2.24) is 15.2 Å². The zero-order valence-electron chi connectivity index (χ0n) is 13.3. The van der Waals surface area contributed by atoms with Crippen molar-refractivity contribution in [3.05, 3.63) is 65.1 Å². The van der Waals surface area contributed by atoms with E-state index < -0.39 is 5.25 Å². The lowest BCUT2D eigenvalue weighted by atomic mass is 10.2. The molecule has 1 N–H and O–H groups in total. The second-order valence-electron chi connectivity index (χ2n) is 5.24. The summed E-state index contributed by atoms with van der Waals surface area (Å²) < 4.78 is 5.60. The Morgan fingerprint density at radius 3 is 2.76 bits per heavy atom. The van der Waals surface area contributed by atoms with E-state index in [0.29, 0.717) is 28.4 Å². The first-order valence-electron chi connectivity index (χ1n) is 7.55. The zero-order chi connectivity index (χ0) is 17.6. The number of rotatable bonds is 6. The summed E-state index contributed by atoms with van der Waals surface area (Å²) in [6, 6.07) is 13.2. The number of hydrogen-bond donors (Lipinski definition) is 1. The van der Waals surface area contributed by atoms with Gasteiger partial charge in [-0.15, -0.1) is 10.2 Å². The summed E-state index contributed by atoms with van der Waals surface area (Å²) in [5.74, 6) is 0.750. The molecular weight excluding hydrogens is 360 g/mol. The summed E-state index contributed by atoms with van der Waals surface area (Å²) in [6.07, 6.45) is 2.03. The molecule has 2 heterocycles. The molecule has 8 heteroatoms. The highest BCUT2D eigenvalue weighted by Crippen LogP contribution is 2.23. The van der Waals surface area contributed by atoms with Gasteiger partial charge in [-0.2, -0.15) is 0 Å². The van der Waals surface area contributed by atoms with Crippen LogP contribution < -0.4 is 5.32 Å². The van der Waals surface area contributed by atoms with Crippen molar-refractivity contribution in [3.63, 3.8) is 0 Å². The fourth-order valence-corrected chi connectivity index (χ4v) is 2.82. The molecular formula is C17H15ClN4O2S. The third-order valence-corrected chi connectivity index (χ3v) is 4.43. The van der Waals surface area contributed by atoms with Gasteiger partial charge in [-0.1, -0.05) is 53.7 Å². The molecule has 2 aromatic heterocycles. The van der Waals surface area contributed by atoms with E-state index in [9.17, 15) is 4.79 Å². The van der Waals surface area contributed by atoms with Crippen LogP contribution in [0.25, 0.3) is 0 Å². The molecule has 0 spiro atoms. The Bertz CT molecular complexity index is 839. The van der Waals surface area contributed by atoms with E-state index in [4.69, 9.17) is 16.0 Å². The van der Waals surface area contributed by atoms with E-state index in [1.807, 2.05) is 30.3 Å². The first-order valence-corrected chi connectivity index (χ1v) is 8.81. The van der Waals surface area contributed by atoms with Crippen LogP contribution in [0, 0.1) is 0 Å². The largest absolute Gasteiger partial charge is 0.416 e. The topological polar surface area (TPSA) is 80.9 Å². The van der Waals surface area contributed by atoms with Gasteiger partial charge in [0.15, 0.2) is 0 Å². The molecule has 0 bridgehead atoms. The molecule has 0 saturated carbocycles. The summed E-state index contributed by atoms with van der Waals surface area (Å²) >= 11 is 6.97. The molecule has 1 aromatic carbocycles. The standard InChI is InChI=1S/C17H15ClN4O2S/c1-11(16(23)20-14-8-7-13(18)10-19-14)25-17-22-21-15(24-17)9-12-5-3-2-4-6-12/h2-8,10-11H,9H2,1H3,(H,19,20,23)/t11-/m0/s1. The fraction of sp³-hybridized carbons (Fsp3) is 0.176. The number of halogens is 1. The number of nitrogens with zero attached hydrogens (tertiary/aromatic N) is 3. The number of pyridine rings is 1. The summed E-state index contributed by atoms with van der Waals surface area (Å²) in [6.45, 7) is 1.76. The normalized spacial score (nSPS) is 11.9. The van der Waals surface area contributed by atoms with Crippen molar-refractivity contribution >= 4 is 35.1 Å². The minimum atomic E-state index is -0.414. The summed E-state index contributed by atoms with van der Waals surface area (Å²) in [5, 5.41) is 11.2. The highest BCUT2D eigenvalue weighted by molar-refractivity contribution is 8.00. The van der Waals surface area contributed by atoms with Gasteiger partial charge in [0.2, 0.25) is 11.8 Å². The van der Waals surface area contributed by atoms with Crippen LogP contribution in [0.4, 0.5) is 5.82 Å². The van der Waals surface area contributed by atoms with E-state index >= 15 is 0 Å². The van der Waals surface area contributed by atoms with Crippen molar-refractivity contribution < 1.29 is 9.21 Å². The molecule has 0 aliphatic rings. The second-order valence-corrected chi connectivity index (χ2v) is 6.96. The third kappa shape index (κ3) is 5.04. The van der Waals surface area contributed by atoms with Gasteiger partial charge in [-0.3, -0.25) is 4.79 Å². The average molecular weight is 375 g/mol. The van der Waals surface area contributed by atoms with E-state index in [1.54, 1.807) is 19.1 Å². The number of carbonyl (C=O) groups excluding carboxylic acids is 1. The predicted molar refractivity (Wildman–Crippen MR) is 96.7 cm³/mol. The Labute approximate surface area is 154 Å². The highest BCUT2D eigenvalue weighted by atomic mass is 35.5. The number of carbonyl (C=O) groups is 1. The predicted octanol–water partition coefficient (Wildman–Crippen LogP) is 3.83. The van der Waals surface area contributed by atoms with Crippen LogP contribution in [0.2, 0.25) is 5.02 Å². The van der Waals surface area contributed by atoms with E-state index in [1.165, 1.54) is 18.0 Å². The van der Waals surface area contributed by atoms with Gasteiger partial charge < -0.3 is 9.73 Å². The van der Waals surface area contributed by atoms with E-state index in [0.717, 1.165) is 5.56 Å². The van der Waals surface area contributed by atoms with Crippen molar-refractivity contribution in [2.45, 2.75) is 23.8 Å². The lowest BCUT2D eigenvalue weighted by Gasteiger charge is -2.09. The molecule has 0 saturated heterocycles. The van der Waals surface area contributed by atoms with Crippen LogP contribution in [-0.2, 0) is 11.2 Å². The van der Waals surface area contributed by atoms with Crippen molar-refractivity contribution in [3.8, 4) is 0 Å². The number of thioether (sulfide) groups is 1. The monoisotopic (exact) mass is 374 g/mol. The highest BCUT2D eigenvalue weighted by Gasteiger charge is 2.19. The van der Waals surface area contributed by atoms with Crippen LogP contribution in [-0.4, -0.2) is 26.3 Å². The van der Waals surface area contributed by atoms with Gasteiger partial charge in [-0.25, -0.2) is 4.98 Å². The van der Waals surface area contributed by atoms with Crippen LogP contribution in [0.3, 0.4) is 0 Å². The molecule has 3 aromatic rings. The van der Waals surface area contributed by atoms with E-state index in [2.05, 4.69) is 20.5 Å². The minimum Gasteiger partial charge on any atom is -0.416 e. The lowest BCUT2D eigenvalue weighted by molar-refractivity contribution is -0.115. The smallest absolute Gasteiger partial charge is 0.277 e. The second kappa shape index (κ2) is 8.13. The van der Waals surface area contributed by atoms with Crippen LogP contribution in [0.5, 0.6) is 0 Å². The fourth-order valence-electron chi connectivity index (χ4n) is 2.01. The maximum Gasteiger partial charge on any atom is 0.277 e. The first kappa shape index (κ1) is 17.4. The molecule has 0 aliphatic carbocycles. The number of amides is 1. The van der Waals surface area contributed by atoms with Gasteiger partial charge in [0.1, 0.15) is 5.82 Å². The quantitative estimate of drug-likeness (QED) is 0.660. The van der Waals surface area contributed by atoms with Crippen molar-refractivity contribution in [1.29, 1.82) is 0 Å². The number of benzene rings is 1. The lowest BCUT2D eigenvalue weighted by Crippen LogP contribution is -2.22. The molecule has 25 heavy (non-hydrogen) atoms. The van der Waals surface area contributed by atoms with Gasteiger partial charge in [0, 0.05) is 6.20 Å². The molecule has 1 amide bonds. The summed E-state index contributed by atoms with van der Waals surface area (Å²) in [4.78, 5) is 16.2. The van der Waals surface area contributed by atoms with E-state index in [-0.39, 0.29) is 5.91 Å². The maximum absolute atomic E-state index is 12.2. The molecule has 0 unspecified atom stereocenters. The maximum atomic E-state index is 12.2. The molecule has 3 rings (SSSR count). The molecule has 0 fully saturated rings. The molecule has 128 valence electrons. The van der Waals surface area contributed by atoms with Gasteiger partial charge >= 0.3 is 0 Å². The number of anilines is 1. The number of nitrogens with one attached hydrogen (secondary N) is 1. The SMILES string of the molecule is C[C@H](Sc1nnc(Cc2ccccc2)o1)C(=O)Nc1ccc(Cl)cn1. The Morgan fingerprint density at radius 1 is 1.24 bits per heavy atom. The van der Waals surface area contributed by atoms with Crippen LogP contribution >= 0.6 is 23.4 Å². The molecule has 0 aliphatic heterocycles. The molecule has 0 radical (unpaired) electrons. The van der Waals surface area contributed by atoms with Gasteiger partial charge in [-0.05, 0) is 24.6 Å². The number of aromatic nitrogens is 3. The summed E-state index contributed by atoms with van der Waals surface area (Å²) in [7, 11) is 0.